The van der Waals surface area contributed by atoms with Crippen LogP contribution in [0, 0.1) is 0 Å². The number of amides is 1. The molecule has 1 heterocycles. The van der Waals surface area contributed by atoms with E-state index >= 15 is 0 Å². The highest BCUT2D eigenvalue weighted by atomic mass is 16.4. The van der Waals surface area contributed by atoms with E-state index in [4.69, 9.17) is 0 Å². The smallest absolute Gasteiger partial charge is 0.328 e. The van der Waals surface area contributed by atoms with E-state index in [9.17, 15) is 19.8 Å². The molecule has 1 unspecified atom stereocenters. The van der Waals surface area contributed by atoms with Gasteiger partial charge in [0.05, 0.1) is 5.69 Å². The number of aliphatic hydroxyl groups is 1. The lowest BCUT2D eigenvalue weighted by molar-refractivity contribution is -0.132. The summed E-state index contributed by atoms with van der Waals surface area (Å²) in [4.78, 5) is 25.5. The standard InChI is InChI=1S/C19H17NO4/c1-20-16-10-6-5-9-14(16)15(11-17(21)22)19(24,18(20)23)12-13-7-3-2-4-8-13/h2-11,24H,12H2,1H3,(H,21,22)/b15-11+. The molecule has 1 atom stereocenters. The number of fused-ring (bicyclic) bond motifs is 1. The molecule has 24 heavy (non-hydrogen) atoms. The molecule has 3 rings (SSSR count). The number of nitrogens with zero attached hydrogens (tertiary/aromatic N) is 1. The Labute approximate surface area is 139 Å². The Kier molecular flexibility index (Phi) is 3.95. The maximum absolute atomic E-state index is 12.8. The summed E-state index contributed by atoms with van der Waals surface area (Å²) in [7, 11) is 1.58. The lowest BCUT2D eigenvalue weighted by atomic mass is 9.78. The summed E-state index contributed by atoms with van der Waals surface area (Å²) < 4.78 is 0. The predicted octanol–water partition coefficient (Wildman–Crippen LogP) is 2.10. The first-order valence-corrected chi connectivity index (χ1v) is 7.52. The van der Waals surface area contributed by atoms with Gasteiger partial charge >= 0.3 is 5.97 Å². The van der Waals surface area contributed by atoms with Crippen molar-refractivity contribution in [1.82, 2.24) is 0 Å². The van der Waals surface area contributed by atoms with Gasteiger partial charge in [0.1, 0.15) is 0 Å². The molecule has 0 spiro atoms. The highest BCUT2D eigenvalue weighted by Crippen LogP contribution is 2.42. The van der Waals surface area contributed by atoms with Gasteiger partial charge in [0.2, 0.25) is 0 Å². The summed E-state index contributed by atoms with van der Waals surface area (Å²) in [6.07, 6.45) is 0.928. The molecule has 2 N–H and O–H groups in total. The number of benzene rings is 2. The zero-order chi connectivity index (χ0) is 17.3. The summed E-state index contributed by atoms with van der Waals surface area (Å²) >= 11 is 0. The second-order valence-electron chi connectivity index (χ2n) is 5.80. The van der Waals surface area contributed by atoms with Crippen LogP contribution in [0.1, 0.15) is 11.1 Å². The molecule has 0 saturated heterocycles. The zero-order valence-corrected chi connectivity index (χ0v) is 13.1. The van der Waals surface area contributed by atoms with Crippen molar-refractivity contribution in [1.29, 1.82) is 0 Å². The van der Waals surface area contributed by atoms with Crippen LogP contribution in [0.25, 0.3) is 5.57 Å². The average molecular weight is 323 g/mol. The average Bonchev–Trinajstić information content (AvgIpc) is 2.58. The maximum atomic E-state index is 12.8. The van der Waals surface area contributed by atoms with Crippen molar-refractivity contribution in [3.05, 3.63) is 71.8 Å². The fourth-order valence-electron chi connectivity index (χ4n) is 3.10. The largest absolute Gasteiger partial charge is 0.478 e. The second-order valence-corrected chi connectivity index (χ2v) is 5.80. The minimum atomic E-state index is -1.93. The lowest BCUT2D eigenvalue weighted by Gasteiger charge is -2.39. The van der Waals surface area contributed by atoms with E-state index in [0.717, 1.165) is 11.6 Å². The van der Waals surface area contributed by atoms with E-state index in [-0.39, 0.29) is 12.0 Å². The van der Waals surface area contributed by atoms with Crippen LogP contribution in [0.2, 0.25) is 0 Å². The number of carboxylic acid groups (broad SMARTS) is 1. The summed E-state index contributed by atoms with van der Waals surface area (Å²) in [6.45, 7) is 0. The molecule has 2 aromatic carbocycles. The van der Waals surface area contributed by atoms with Crippen LogP contribution in [0.3, 0.4) is 0 Å². The van der Waals surface area contributed by atoms with E-state index in [2.05, 4.69) is 0 Å². The number of carboxylic acids is 1. The molecule has 1 aliphatic rings. The van der Waals surface area contributed by atoms with Gasteiger partial charge in [0, 0.05) is 30.7 Å². The molecule has 0 radical (unpaired) electrons. The molecule has 2 aromatic rings. The van der Waals surface area contributed by atoms with Crippen LogP contribution in [-0.2, 0) is 16.0 Å². The highest BCUT2D eigenvalue weighted by Gasteiger charge is 2.47. The molecule has 0 aliphatic carbocycles. The monoisotopic (exact) mass is 323 g/mol. The van der Waals surface area contributed by atoms with Gasteiger partial charge in [0.25, 0.3) is 5.91 Å². The third-order valence-corrected chi connectivity index (χ3v) is 4.23. The molecule has 0 saturated carbocycles. The van der Waals surface area contributed by atoms with Crippen molar-refractivity contribution < 1.29 is 19.8 Å². The van der Waals surface area contributed by atoms with Crippen LogP contribution < -0.4 is 4.90 Å². The van der Waals surface area contributed by atoms with Crippen molar-refractivity contribution in [3.63, 3.8) is 0 Å². The number of hydrogen-bond donors (Lipinski definition) is 2. The summed E-state index contributed by atoms with van der Waals surface area (Å²) in [6, 6.07) is 16.0. The van der Waals surface area contributed by atoms with Gasteiger partial charge in [-0.25, -0.2) is 4.79 Å². The molecule has 1 aliphatic heterocycles. The zero-order valence-electron chi connectivity index (χ0n) is 13.1. The number of aliphatic carboxylic acids is 1. The minimum absolute atomic E-state index is 0.00443. The van der Waals surface area contributed by atoms with Gasteiger partial charge in [-0.15, -0.1) is 0 Å². The second kappa shape index (κ2) is 5.94. The van der Waals surface area contributed by atoms with Gasteiger partial charge in [-0.3, -0.25) is 4.79 Å². The number of anilines is 1. The number of hydrogen-bond acceptors (Lipinski definition) is 3. The molecular formula is C19H17NO4. The Hall–Kier alpha value is -2.92. The van der Waals surface area contributed by atoms with Crippen LogP contribution in [0.15, 0.2) is 60.7 Å². The number of rotatable bonds is 3. The minimum Gasteiger partial charge on any atom is -0.478 e. The van der Waals surface area contributed by atoms with Gasteiger partial charge in [-0.05, 0) is 11.6 Å². The topological polar surface area (TPSA) is 77.8 Å². The van der Waals surface area contributed by atoms with Crippen LogP contribution in [-0.4, -0.2) is 34.7 Å². The molecule has 1 amide bonds. The third kappa shape index (κ3) is 2.59. The summed E-state index contributed by atoms with van der Waals surface area (Å²) in [5.41, 5.74) is 0.0474. The Morgan fingerprint density at radius 3 is 2.42 bits per heavy atom. The van der Waals surface area contributed by atoms with Crippen LogP contribution in [0.5, 0.6) is 0 Å². The van der Waals surface area contributed by atoms with Crippen LogP contribution >= 0.6 is 0 Å². The normalized spacial score (nSPS) is 21.7. The fourth-order valence-corrected chi connectivity index (χ4v) is 3.10. The molecule has 0 fully saturated rings. The predicted molar refractivity (Wildman–Crippen MR) is 90.6 cm³/mol. The molecule has 122 valence electrons. The van der Waals surface area contributed by atoms with E-state index in [1.54, 1.807) is 43.4 Å². The Morgan fingerprint density at radius 2 is 1.75 bits per heavy atom. The first-order valence-electron chi connectivity index (χ1n) is 7.52. The Morgan fingerprint density at radius 1 is 1.12 bits per heavy atom. The van der Waals surface area contributed by atoms with E-state index in [1.165, 1.54) is 4.90 Å². The van der Waals surface area contributed by atoms with Crippen molar-refractivity contribution >= 4 is 23.1 Å². The fraction of sp³-hybridized carbons (Fsp3) is 0.158. The SMILES string of the molecule is CN1C(=O)C(O)(Cc2ccccc2)/C(=C/C(=O)O)c2ccccc21. The number of likely N-dealkylation sites (N-methyl/N-ethyl adjacent to an activating group) is 1. The van der Waals surface area contributed by atoms with E-state index < -0.39 is 17.5 Å². The Bertz CT molecular complexity index is 828. The van der Waals surface area contributed by atoms with Gasteiger partial charge in [-0.1, -0.05) is 48.5 Å². The molecular weight excluding hydrogens is 306 g/mol. The van der Waals surface area contributed by atoms with Crippen molar-refractivity contribution in [2.75, 3.05) is 11.9 Å². The quantitative estimate of drug-likeness (QED) is 0.848. The molecule has 0 bridgehead atoms. The Balaban J connectivity index is 2.19. The van der Waals surface area contributed by atoms with Gasteiger partial charge in [0.15, 0.2) is 5.60 Å². The van der Waals surface area contributed by atoms with Crippen molar-refractivity contribution in [2.45, 2.75) is 12.0 Å². The van der Waals surface area contributed by atoms with E-state index in [0.29, 0.717) is 11.3 Å². The summed E-state index contributed by atoms with van der Waals surface area (Å²) in [5, 5.41) is 20.4. The van der Waals surface area contributed by atoms with Gasteiger partial charge < -0.3 is 15.1 Å². The molecule has 5 heteroatoms. The van der Waals surface area contributed by atoms with Gasteiger partial charge in [-0.2, -0.15) is 0 Å². The summed E-state index contributed by atoms with van der Waals surface area (Å²) in [5.74, 6) is -1.75. The van der Waals surface area contributed by atoms with Crippen molar-refractivity contribution in [2.24, 2.45) is 0 Å². The van der Waals surface area contributed by atoms with Crippen LogP contribution in [0.4, 0.5) is 5.69 Å². The number of para-hydroxylation sites is 1. The number of carbonyl (C=O) groups excluding carboxylic acids is 1. The first kappa shape index (κ1) is 16.0. The molecule has 0 aromatic heterocycles. The highest BCUT2D eigenvalue weighted by molar-refractivity contribution is 6.16. The number of carbonyl (C=O) groups is 2. The lowest BCUT2D eigenvalue weighted by Crippen LogP contribution is -2.53. The molecule has 5 nitrogen and oxygen atoms in total. The third-order valence-electron chi connectivity index (χ3n) is 4.23. The van der Waals surface area contributed by atoms with Crippen molar-refractivity contribution in [3.8, 4) is 0 Å². The maximum Gasteiger partial charge on any atom is 0.328 e. The first-order chi connectivity index (χ1) is 11.4. The van der Waals surface area contributed by atoms with E-state index in [1.807, 2.05) is 18.2 Å².